The predicted molar refractivity (Wildman–Crippen MR) is 248 cm³/mol. The lowest BCUT2D eigenvalue weighted by Gasteiger charge is -2.23. The Labute approximate surface area is 390 Å². The van der Waals surface area contributed by atoms with Gasteiger partial charge in [0.15, 0.2) is 11.6 Å². The number of fused-ring (bicyclic) bond motifs is 2. The SMILES string of the molecule is C.C.CO.COc1cc(O)c2c(c1)C=CC[C@H](O)[C@H](O)C(=O)/C=C\[C@@H](O)[C@H](C)OC2=O.COc1ccc(CO[C@@H]2/C=C\C(=O)[C@@H](O)[C@@H](O)C/C=C/c3cc(OC)cc(O)c3C(=O)O[C@H]2C)cc1. The first kappa shape index (κ1) is 58.6. The van der Waals surface area contributed by atoms with Gasteiger partial charge >= 0.3 is 11.9 Å². The van der Waals surface area contributed by atoms with E-state index >= 15 is 0 Å². The zero-order valence-electron chi connectivity index (χ0n) is 36.6. The first-order valence-electron chi connectivity index (χ1n) is 20.1. The highest BCUT2D eigenvalue weighted by atomic mass is 16.6. The number of benzene rings is 3. The number of hydrogen-bond acceptors (Lipinski definition) is 18. The molecule has 0 bridgehead atoms. The van der Waals surface area contributed by atoms with Gasteiger partial charge in [0.05, 0.1) is 40.1 Å². The summed E-state index contributed by atoms with van der Waals surface area (Å²) in [6, 6.07) is 12.7. The Hall–Kier alpha value is -6.38. The molecule has 2 aliphatic rings. The van der Waals surface area contributed by atoms with Gasteiger partial charge in [0.25, 0.3) is 0 Å². The Balaban J connectivity index is 0.000000650. The van der Waals surface area contributed by atoms with E-state index in [2.05, 4.69) is 0 Å². The van der Waals surface area contributed by atoms with E-state index in [4.69, 9.17) is 33.5 Å². The number of cyclic esters (lactones) is 2. The number of phenols is 2. The number of ether oxygens (including phenoxy) is 6. The van der Waals surface area contributed by atoms with E-state index in [9.17, 15) is 54.9 Å². The summed E-state index contributed by atoms with van der Waals surface area (Å²) in [7, 11) is 5.37. The lowest BCUT2D eigenvalue weighted by atomic mass is 10.0. The highest BCUT2D eigenvalue weighted by Crippen LogP contribution is 2.32. The summed E-state index contributed by atoms with van der Waals surface area (Å²) in [4.78, 5) is 49.8. The van der Waals surface area contributed by atoms with Crippen LogP contribution in [-0.4, -0.2) is 142 Å². The molecule has 18 heteroatoms. The summed E-state index contributed by atoms with van der Waals surface area (Å²) in [6.45, 7) is 3.12. The van der Waals surface area contributed by atoms with Crippen molar-refractivity contribution < 1.29 is 88.5 Å². The van der Waals surface area contributed by atoms with Crippen LogP contribution in [-0.2, 0) is 30.4 Å². The molecule has 18 nitrogen and oxygen atoms in total. The molecule has 0 fully saturated rings. The number of carbonyl (C=O) groups excluding carboxylic acids is 4. The number of carbonyl (C=O) groups is 4. The molecule has 0 unspecified atom stereocenters. The highest BCUT2D eigenvalue weighted by Gasteiger charge is 2.29. The Bertz CT molecular complexity index is 2190. The van der Waals surface area contributed by atoms with Crippen LogP contribution < -0.4 is 14.2 Å². The van der Waals surface area contributed by atoms with Crippen molar-refractivity contribution in [2.45, 2.75) is 97.0 Å². The number of phenolic OH excluding ortho intramolecular Hbond substituents is 2. The molecule has 8 atom stereocenters. The standard InChI is InChI=1S/C27H30O9.C19H22O8.CH4O.2CH4/c1-16-24(35-15-17-7-9-19(33-2)10-8-17)12-11-22(29)26(31)21(28)6-4-5-18-13-20(34-3)14-23(30)25(18)27(32)36-16;1-10-13(20)6-7-15(22)18(24)14(21)5-3-4-11-8-12(26-2)9-16(23)17(11)19(25)27-10;1-2;;/h4-5,7-14,16,21,24,26,28,30-31H,6,15H2,1-3H3;3-4,6-10,13-14,18,20-21,23-24H,5H2,1-2H3;2H,1H3;2*1H4/b5-4+,12-11-;4-3?,7-6-;;;/t16-,21-,24+,26-;10-,13+,14-,18-;;;/m00.../s1. The Morgan fingerprint density at radius 2 is 1.00 bits per heavy atom. The van der Waals surface area contributed by atoms with Gasteiger partial charge in [0.1, 0.15) is 76.5 Å². The van der Waals surface area contributed by atoms with Gasteiger partial charge in [-0.05, 0) is 91.9 Å². The largest absolute Gasteiger partial charge is 0.507 e. The van der Waals surface area contributed by atoms with Crippen LogP contribution in [0.25, 0.3) is 12.2 Å². The molecule has 3 aromatic rings. The minimum Gasteiger partial charge on any atom is -0.507 e. The lowest BCUT2D eigenvalue weighted by Crippen LogP contribution is -2.34. The highest BCUT2D eigenvalue weighted by molar-refractivity contribution is 5.98. The van der Waals surface area contributed by atoms with E-state index in [1.54, 1.807) is 26.2 Å². The molecule has 0 amide bonds. The zero-order chi connectivity index (χ0) is 48.4. The maximum atomic E-state index is 13.1. The third-order valence-electron chi connectivity index (χ3n) is 9.82. The van der Waals surface area contributed by atoms with E-state index < -0.39 is 72.3 Å². The molecule has 0 saturated carbocycles. The van der Waals surface area contributed by atoms with Gasteiger partial charge in [-0.2, -0.15) is 0 Å². The summed E-state index contributed by atoms with van der Waals surface area (Å²) in [5, 5.41) is 78.0. The molecule has 5 rings (SSSR count). The van der Waals surface area contributed by atoms with Crippen LogP contribution in [0, 0.1) is 0 Å². The maximum absolute atomic E-state index is 13.1. The van der Waals surface area contributed by atoms with E-state index in [0.29, 0.717) is 11.5 Å². The number of methoxy groups -OCH3 is 3. The van der Waals surface area contributed by atoms with Crippen molar-refractivity contribution in [1.29, 1.82) is 0 Å². The smallest absolute Gasteiger partial charge is 0.342 e. The van der Waals surface area contributed by atoms with Crippen LogP contribution in [0.1, 0.15) is 78.9 Å². The van der Waals surface area contributed by atoms with E-state index in [1.165, 1.54) is 75.8 Å². The van der Waals surface area contributed by atoms with Crippen LogP contribution >= 0.6 is 0 Å². The second kappa shape index (κ2) is 28.6. The summed E-state index contributed by atoms with van der Waals surface area (Å²) in [6.07, 6.45) is -0.115. The van der Waals surface area contributed by atoms with Crippen LogP contribution in [0.5, 0.6) is 28.7 Å². The monoisotopic (exact) mass is 940 g/mol. The third-order valence-corrected chi connectivity index (χ3v) is 9.82. The van der Waals surface area contributed by atoms with Crippen LogP contribution in [0.4, 0.5) is 0 Å². The molecule has 0 radical (unpaired) electrons. The minimum absolute atomic E-state index is 0. The van der Waals surface area contributed by atoms with E-state index in [1.807, 2.05) is 12.1 Å². The fraction of sp³-hybridized carbons (Fsp3) is 0.388. The van der Waals surface area contributed by atoms with Crippen molar-refractivity contribution >= 4 is 35.7 Å². The van der Waals surface area contributed by atoms with E-state index in [-0.39, 0.29) is 73.8 Å². The van der Waals surface area contributed by atoms with Gasteiger partial charge in [0.2, 0.25) is 0 Å². The number of rotatable bonds is 6. The molecule has 0 spiro atoms. The minimum atomic E-state index is -1.67. The normalized spacial score (nSPS) is 24.7. The molecular weight excluding hydrogens is 877 g/mol. The van der Waals surface area contributed by atoms with Crippen LogP contribution in [0.3, 0.4) is 0 Å². The fourth-order valence-electron chi connectivity index (χ4n) is 6.08. The first-order valence-corrected chi connectivity index (χ1v) is 20.1. The van der Waals surface area contributed by atoms with Gasteiger partial charge in [-0.25, -0.2) is 9.59 Å². The summed E-state index contributed by atoms with van der Waals surface area (Å²) < 4.78 is 32.1. The summed E-state index contributed by atoms with van der Waals surface area (Å²) in [5.74, 6) is -2.64. The number of aromatic hydroxyl groups is 2. The Kier molecular flexibility index (Phi) is 25.0. The molecule has 8 N–H and O–H groups in total. The topological polar surface area (TPSA) is 285 Å². The molecule has 368 valence electrons. The number of aliphatic hydroxyl groups excluding tert-OH is 6. The Morgan fingerprint density at radius 3 is 1.43 bits per heavy atom. The van der Waals surface area contributed by atoms with Crippen molar-refractivity contribution in [2.24, 2.45) is 0 Å². The molecule has 3 aromatic carbocycles. The van der Waals surface area contributed by atoms with Crippen molar-refractivity contribution in [3.8, 4) is 28.7 Å². The van der Waals surface area contributed by atoms with Crippen molar-refractivity contribution in [2.75, 3.05) is 28.4 Å². The second-order valence-electron chi connectivity index (χ2n) is 14.4. The molecular formula is C49H64O18. The lowest BCUT2D eigenvalue weighted by molar-refractivity contribution is -0.128. The van der Waals surface area contributed by atoms with Crippen LogP contribution in [0.15, 0.2) is 85.0 Å². The summed E-state index contributed by atoms with van der Waals surface area (Å²) in [5.41, 5.74) is 1.10. The van der Waals surface area contributed by atoms with Gasteiger partial charge in [-0.1, -0.05) is 51.3 Å². The zero-order valence-corrected chi connectivity index (χ0v) is 36.6. The van der Waals surface area contributed by atoms with Crippen molar-refractivity contribution in [3.63, 3.8) is 0 Å². The maximum Gasteiger partial charge on any atom is 0.342 e. The fourth-order valence-corrected chi connectivity index (χ4v) is 6.08. The average Bonchev–Trinajstić information content (AvgIpc) is 3.29. The van der Waals surface area contributed by atoms with Gasteiger partial charge in [-0.15, -0.1) is 0 Å². The number of hydrogen-bond donors (Lipinski definition) is 8. The van der Waals surface area contributed by atoms with Gasteiger partial charge in [-0.3, -0.25) is 9.59 Å². The second-order valence-corrected chi connectivity index (χ2v) is 14.4. The Morgan fingerprint density at radius 1 is 0.582 bits per heavy atom. The number of ketones is 2. The summed E-state index contributed by atoms with van der Waals surface area (Å²) >= 11 is 0. The van der Waals surface area contributed by atoms with Crippen molar-refractivity contribution in [3.05, 3.63) is 113 Å². The number of aliphatic hydroxyl groups is 6. The quantitative estimate of drug-likeness (QED) is 0.160. The van der Waals surface area contributed by atoms with Crippen LogP contribution in [0.2, 0.25) is 0 Å². The molecule has 2 heterocycles. The first-order chi connectivity index (χ1) is 31.0. The van der Waals surface area contributed by atoms with Gasteiger partial charge < -0.3 is 69.3 Å². The molecule has 0 aromatic heterocycles. The molecule has 2 aliphatic heterocycles. The van der Waals surface area contributed by atoms with Gasteiger partial charge in [0, 0.05) is 19.2 Å². The molecule has 67 heavy (non-hydrogen) atoms. The number of esters is 2. The molecule has 0 saturated heterocycles. The predicted octanol–water partition coefficient (Wildman–Crippen LogP) is 4.26. The average molecular weight is 941 g/mol. The van der Waals surface area contributed by atoms with Crippen molar-refractivity contribution in [1.82, 2.24) is 0 Å². The third kappa shape index (κ3) is 16.8. The van der Waals surface area contributed by atoms with E-state index in [0.717, 1.165) is 30.9 Å². The molecule has 0 aliphatic carbocycles.